The molecule has 0 saturated heterocycles. The van der Waals surface area contributed by atoms with Gasteiger partial charge in [0.25, 0.3) is 0 Å². The highest BCUT2D eigenvalue weighted by Gasteiger charge is 2.28. The summed E-state index contributed by atoms with van der Waals surface area (Å²) in [5.74, 6) is 0.452. The van der Waals surface area contributed by atoms with E-state index in [-0.39, 0.29) is 17.5 Å². The summed E-state index contributed by atoms with van der Waals surface area (Å²) >= 11 is 0. The molecule has 0 spiro atoms. The van der Waals surface area contributed by atoms with Gasteiger partial charge in [-0.2, -0.15) is 0 Å². The zero-order chi connectivity index (χ0) is 14.7. The molecule has 2 rings (SSSR count). The number of rotatable bonds is 4. The Morgan fingerprint density at radius 3 is 2.50 bits per heavy atom. The number of nitrogens with zero attached hydrogens (tertiary/aromatic N) is 1. The predicted molar refractivity (Wildman–Crippen MR) is 80.8 cm³/mol. The lowest BCUT2D eigenvalue weighted by Crippen LogP contribution is -2.42. The van der Waals surface area contributed by atoms with E-state index in [4.69, 9.17) is 5.73 Å². The van der Waals surface area contributed by atoms with Crippen LogP contribution in [0.25, 0.3) is 0 Å². The fraction of sp³-hybridized carbons (Fsp3) is 0.625. The topological polar surface area (TPSA) is 69.7 Å². The second-order valence-electron chi connectivity index (χ2n) is 5.82. The third kappa shape index (κ3) is 3.25. The normalized spacial score (nSPS) is 24.8. The molecular weight excluding hydrogens is 252 g/mol. The van der Waals surface area contributed by atoms with Gasteiger partial charge in [0.1, 0.15) is 11.5 Å². The first-order valence-corrected chi connectivity index (χ1v) is 7.56. The van der Waals surface area contributed by atoms with Gasteiger partial charge in [0, 0.05) is 23.7 Å². The van der Waals surface area contributed by atoms with E-state index in [1.54, 1.807) is 12.1 Å². The van der Waals surface area contributed by atoms with Crippen molar-refractivity contribution >= 4 is 0 Å². The second-order valence-corrected chi connectivity index (χ2v) is 5.82. The lowest BCUT2D eigenvalue weighted by molar-refractivity contribution is 0.113. The highest BCUT2D eigenvalue weighted by Crippen LogP contribution is 2.35. The molecule has 1 aliphatic rings. The van der Waals surface area contributed by atoms with Crippen LogP contribution in [0, 0.1) is 0 Å². The first kappa shape index (κ1) is 15.1. The predicted octanol–water partition coefficient (Wildman–Crippen LogP) is 2.75. The molecule has 0 radical (unpaired) electrons. The summed E-state index contributed by atoms with van der Waals surface area (Å²) in [5.41, 5.74) is 6.77. The molecule has 4 heteroatoms. The number of hydrogen-bond acceptors (Lipinski definition) is 4. The minimum Gasteiger partial charge on any atom is -0.508 e. The standard InChI is InChI=1S/C16H26N2O2/c1-3-18(13-6-4-12(17)5-7-13)11(2)15-10-14(19)8-9-16(15)20/h8-13,19-20H,3-7,17H2,1-2H3. The smallest absolute Gasteiger partial charge is 0.120 e. The molecule has 1 unspecified atom stereocenters. The largest absolute Gasteiger partial charge is 0.508 e. The Morgan fingerprint density at radius 1 is 1.25 bits per heavy atom. The van der Waals surface area contributed by atoms with Crippen LogP contribution in [-0.4, -0.2) is 33.7 Å². The molecule has 1 fully saturated rings. The summed E-state index contributed by atoms with van der Waals surface area (Å²) < 4.78 is 0. The second kappa shape index (κ2) is 6.46. The SMILES string of the molecule is CCN(C1CCC(N)CC1)C(C)c1cc(O)ccc1O. The van der Waals surface area contributed by atoms with Crippen LogP contribution in [0.1, 0.15) is 51.1 Å². The van der Waals surface area contributed by atoms with Crippen LogP contribution < -0.4 is 5.73 Å². The molecular formula is C16H26N2O2. The van der Waals surface area contributed by atoms with Crippen LogP contribution >= 0.6 is 0 Å². The van der Waals surface area contributed by atoms with Gasteiger partial charge >= 0.3 is 0 Å². The maximum absolute atomic E-state index is 10.0. The molecule has 112 valence electrons. The van der Waals surface area contributed by atoms with Crippen LogP contribution in [0.3, 0.4) is 0 Å². The molecule has 4 nitrogen and oxygen atoms in total. The van der Waals surface area contributed by atoms with Crippen molar-refractivity contribution in [2.75, 3.05) is 6.54 Å². The first-order valence-electron chi connectivity index (χ1n) is 7.56. The Labute approximate surface area is 121 Å². The van der Waals surface area contributed by atoms with Crippen LogP contribution in [0.2, 0.25) is 0 Å². The minimum absolute atomic E-state index is 0.0893. The van der Waals surface area contributed by atoms with E-state index in [0.717, 1.165) is 37.8 Å². The third-order valence-electron chi connectivity index (χ3n) is 4.53. The molecule has 1 aromatic carbocycles. The van der Waals surface area contributed by atoms with Crippen molar-refractivity contribution < 1.29 is 10.2 Å². The van der Waals surface area contributed by atoms with Crippen LogP contribution in [0.15, 0.2) is 18.2 Å². The van der Waals surface area contributed by atoms with E-state index in [1.807, 2.05) is 0 Å². The maximum Gasteiger partial charge on any atom is 0.120 e. The van der Waals surface area contributed by atoms with E-state index < -0.39 is 0 Å². The Kier molecular flexibility index (Phi) is 4.89. The van der Waals surface area contributed by atoms with E-state index in [0.29, 0.717) is 12.1 Å². The molecule has 0 aliphatic heterocycles. The van der Waals surface area contributed by atoms with Gasteiger partial charge in [-0.3, -0.25) is 4.90 Å². The zero-order valence-corrected chi connectivity index (χ0v) is 12.4. The summed E-state index contributed by atoms with van der Waals surface area (Å²) in [5, 5.41) is 19.7. The van der Waals surface area contributed by atoms with Crippen molar-refractivity contribution in [3.05, 3.63) is 23.8 Å². The average Bonchev–Trinajstić information content (AvgIpc) is 2.44. The van der Waals surface area contributed by atoms with E-state index in [1.165, 1.54) is 6.07 Å². The lowest BCUT2D eigenvalue weighted by atomic mass is 9.89. The van der Waals surface area contributed by atoms with Crippen LogP contribution in [0.4, 0.5) is 0 Å². The Hall–Kier alpha value is -1.26. The maximum atomic E-state index is 10.0. The molecule has 0 bridgehead atoms. The quantitative estimate of drug-likeness (QED) is 0.741. The van der Waals surface area contributed by atoms with E-state index in [2.05, 4.69) is 18.7 Å². The highest BCUT2D eigenvalue weighted by atomic mass is 16.3. The van der Waals surface area contributed by atoms with E-state index >= 15 is 0 Å². The lowest BCUT2D eigenvalue weighted by Gasteiger charge is -2.39. The van der Waals surface area contributed by atoms with Gasteiger partial charge in [-0.05, 0) is 57.4 Å². The van der Waals surface area contributed by atoms with Crippen LogP contribution in [0.5, 0.6) is 11.5 Å². The fourth-order valence-corrected chi connectivity index (χ4v) is 3.34. The van der Waals surface area contributed by atoms with Crippen molar-refractivity contribution in [1.82, 2.24) is 4.90 Å². The summed E-state index contributed by atoms with van der Waals surface area (Å²) in [6, 6.07) is 5.68. The molecule has 0 heterocycles. The van der Waals surface area contributed by atoms with Crippen molar-refractivity contribution in [3.63, 3.8) is 0 Å². The monoisotopic (exact) mass is 278 g/mol. The first-order chi connectivity index (χ1) is 9.52. The van der Waals surface area contributed by atoms with Crippen molar-refractivity contribution in [2.45, 2.75) is 57.7 Å². The molecule has 0 aromatic heterocycles. The van der Waals surface area contributed by atoms with Gasteiger partial charge in [-0.1, -0.05) is 6.92 Å². The van der Waals surface area contributed by atoms with Gasteiger partial charge in [0.05, 0.1) is 0 Å². The molecule has 1 aliphatic carbocycles. The summed E-state index contributed by atoms with van der Waals surface area (Å²) in [7, 11) is 0. The molecule has 1 aromatic rings. The molecule has 4 N–H and O–H groups in total. The number of hydrogen-bond donors (Lipinski definition) is 3. The number of phenolic OH excluding ortho intramolecular Hbond substituents is 2. The average molecular weight is 278 g/mol. The summed E-state index contributed by atoms with van der Waals surface area (Å²) in [6.07, 6.45) is 4.36. The molecule has 1 atom stereocenters. The molecule has 0 amide bonds. The highest BCUT2D eigenvalue weighted by molar-refractivity contribution is 5.40. The summed E-state index contributed by atoms with van der Waals surface area (Å²) in [4.78, 5) is 2.40. The van der Waals surface area contributed by atoms with Gasteiger partial charge in [0.15, 0.2) is 0 Å². The van der Waals surface area contributed by atoms with Gasteiger partial charge in [0.2, 0.25) is 0 Å². The zero-order valence-electron chi connectivity index (χ0n) is 12.4. The molecule has 1 saturated carbocycles. The van der Waals surface area contributed by atoms with Crippen molar-refractivity contribution in [2.24, 2.45) is 5.73 Å². The number of benzene rings is 1. The molecule has 20 heavy (non-hydrogen) atoms. The van der Waals surface area contributed by atoms with E-state index in [9.17, 15) is 10.2 Å². The van der Waals surface area contributed by atoms with Crippen molar-refractivity contribution in [3.8, 4) is 11.5 Å². The van der Waals surface area contributed by atoms with Crippen molar-refractivity contribution in [1.29, 1.82) is 0 Å². The Morgan fingerprint density at radius 2 is 1.90 bits per heavy atom. The Bertz CT molecular complexity index is 442. The summed E-state index contributed by atoms with van der Waals surface area (Å²) in [6.45, 7) is 5.16. The van der Waals surface area contributed by atoms with Crippen LogP contribution in [-0.2, 0) is 0 Å². The third-order valence-corrected chi connectivity index (χ3v) is 4.53. The minimum atomic E-state index is 0.0893. The fourth-order valence-electron chi connectivity index (χ4n) is 3.34. The van der Waals surface area contributed by atoms with Gasteiger partial charge in [-0.25, -0.2) is 0 Å². The number of nitrogens with two attached hydrogens (primary N) is 1. The number of phenols is 2. The number of aromatic hydroxyl groups is 2. The Balaban J connectivity index is 2.16. The van der Waals surface area contributed by atoms with Gasteiger partial charge < -0.3 is 15.9 Å². The van der Waals surface area contributed by atoms with Gasteiger partial charge in [-0.15, -0.1) is 0 Å².